The van der Waals surface area contributed by atoms with Gasteiger partial charge in [0.05, 0.1) is 23.0 Å². The maximum atomic E-state index is 12.0. The van der Waals surface area contributed by atoms with Crippen molar-refractivity contribution >= 4 is 23.4 Å². The lowest BCUT2D eigenvalue weighted by Crippen LogP contribution is -2.29. The maximum absolute atomic E-state index is 12.0. The number of rotatable bonds is 5. The average Bonchev–Trinajstić information content (AvgIpc) is 3.04. The Balaban J connectivity index is 1.87. The number of aromatic nitrogens is 2. The van der Waals surface area contributed by atoms with Gasteiger partial charge in [0.1, 0.15) is 0 Å². The zero-order valence-corrected chi connectivity index (χ0v) is 12.4. The molecule has 1 aliphatic rings. The van der Waals surface area contributed by atoms with Crippen molar-refractivity contribution in [1.29, 1.82) is 0 Å². The summed E-state index contributed by atoms with van der Waals surface area (Å²) in [6, 6.07) is 0. The monoisotopic (exact) mass is 297 g/mol. The van der Waals surface area contributed by atoms with Crippen LogP contribution in [0.3, 0.4) is 0 Å². The van der Waals surface area contributed by atoms with Gasteiger partial charge in [0.2, 0.25) is 5.91 Å². The minimum atomic E-state index is -0.797. The summed E-state index contributed by atoms with van der Waals surface area (Å²) in [5.74, 6) is -1.13. The molecule has 0 saturated heterocycles. The molecule has 1 amide bonds. The number of carboxylic acid groups (broad SMARTS) is 1. The molecular formula is C13H19N3O3S. The fourth-order valence-corrected chi connectivity index (χ4v) is 3.27. The molecule has 0 spiro atoms. The molecule has 0 aromatic carbocycles. The van der Waals surface area contributed by atoms with Gasteiger partial charge in [-0.1, -0.05) is 18.3 Å². The van der Waals surface area contributed by atoms with E-state index >= 15 is 0 Å². The van der Waals surface area contributed by atoms with Gasteiger partial charge in [-0.15, -0.1) is 5.10 Å². The van der Waals surface area contributed by atoms with Crippen molar-refractivity contribution in [3.8, 4) is 0 Å². The van der Waals surface area contributed by atoms with E-state index in [1.54, 1.807) is 0 Å². The predicted octanol–water partition coefficient (Wildman–Crippen LogP) is 1.78. The summed E-state index contributed by atoms with van der Waals surface area (Å²) < 4.78 is 3.92. The summed E-state index contributed by atoms with van der Waals surface area (Å²) in [5.41, 5.74) is 0.921. The number of carbonyl (C=O) groups is 2. The predicted molar refractivity (Wildman–Crippen MR) is 74.3 cm³/mol. The van der Waals surface area contributed by atoms with Gasteiger partial charge in [0.25, 0.3) is 0 Å². The molecule has 2 rings (SSSR count). The van der Waals surface area contributed by atoms with Crippen molar-refractivity contribution in [3.63, 3.8) is 0 Å². The van der Waals surface area contributed by atoms with Gasteiger partial charge in [0.15, 0.2) is 0 Å². The van der Waals surface area contributed by atoms with Crippen molar-refractivity contribution in [2.24, 2.45) is 11.8 Å². The number of amides is 1. The van der Waals surface area contributed by atoms with Crippen LogP contribution in [0, 0.1) is 11.8 Å². The number of carbonyl (C=O) groups excluding carboxylic acids is 1. The number of nitrogens with one attached hydrogen (secondary N) is 1. The van der Waals surface area contributed by atoms with E-state index in [1.807, 2.05) is 13.8 Å². The second kappa shape index (κ2) is 6.30. The Morgan fingerprint density at radius 3 is 2.70 bits per heavy atom. The van der Waals surface area contributed by atoms with E-state index < -0.39 is 5.97 Å². The van der Waals surface area contributed by atoms with E-state index in [1.165, 1.54) is 11.5 Å². The molecule has 20 heavy (non-hydrogen) atoms. The summed E-state index contributed by atoms with van der Waals surface area (Å²) in [5, 5.41) is 15.9. The third kappa shape index (κ3) is 3.33. The second-order valence-corrected chi connectivity index (χ2v) is 6.34. The largest absolute Gasteiger partial charge is 0.481 e. The van der Waals surface area contributed by atoms with Crippen LogP contribution in [0.1, 0.15) is 49.6 Å². The molecule has 2 N–H and O–H groups in total. The van der Waals surface area contributed by atoms with Crippen LogP contribution in [-0.2, 0) is 16.1 Å². The van der Waals surface area contributed by atoms with Crippen LogP contribution >= 0.6 is 11.5 Å². The first kappa shape index (κ1) is 14.9. The van der Waals surface area contributed by atoms with E-state index in [2.05, 4.69) is 14.9 Å². The molecule has 1 aromatic heterocycles. The van der Waals surface area contributed by atoms with Crippen molar-refractivity contribution < 1.29 is 14.7 Å². The van der Waals surface area contributed by atoms with E-state index in [-0.39, 0.29) is 23.7 Å². The Bertz CT molecular complexity index is 501. The van der Waals surface area contributed by atoms with Crippen molar-refractivity contribution in [2.45, 2.75) is 45.6 Å². The van der Waals surface area contributed by atoms with Gasteiger partial charge in [0, 0.05) is 5.92 Å². The molecule has 1 aromatic rings. The molecule has 0 radical (unpaired) electrons. The average molecular weight is 297 g/mol. The maximum Gasteiger partial charge on any atom is 0.306 e. The molecule has 1 heterocycles. The molecule has 7 heteroatoms. The minimum absolute atomic E-state index is 0.0585. The fraction of sp³-hybridized carbons (Fsp3) is 0.692. The Morgan fingerprint density at radius 1 is 1.40 bits per heavy atom. The van der Waals surface area contributed by atoms with Crippen LogP contribution in [-0.4, -0.2) is 26.6 Å². The van der Waals surface area contributed by atoms with Crippen LogP contribution in [0.5, 0.6) is 0 Å². The standard InChI is InChI=1S/C13H19N3O3S/c1-7(2)11-10(20-16-15-11)6-14-12(17)8-3-4-9(5-8)13(18)19/h7-9H,3-6H2,1-2H3,(H,14,17)(H,18,19)/t8-,9+/m0/s1. The Kier molecular flexibility index (Phi) is 4.69. The molecule has 1 fully saturated rings. The van der Waals surface area contributed by atoms with Gasteiger partial charge < -0.3 is 10.4 Å². The molecular weight excluding hydrogens is 278 g/mol. The number of aliphatic carboxylic acids is 1. The quantitative estimate of drug-likeness (QED) is 0.864. The van der Waals surface area contributed by atoms with Crippen molar-refractivity contribution in [1.82, 2.24) is 14.9 Å². The first-order valence-corrected chi connectivity index (χ1v) is 7.58. The van der Waals surface area contributed by atoms with Crippen molar-refractivity contribution in [3.05, 3.63) is 10.6 Å². The smallest absolute Gasteiger partial charge is 0.306 e. The van der Waals surface area contributed by atoms with Crippen LogP contribution in [0.2, 0.25) is 0 Å². The topological polar surface area (TPSA) is 92.2 Å². The van der Waals surface area contributed by atoms with Gasteiger partial charge in [-0.3, -0.25) is 9.59 Å². The second-order valence-electron chi connectivity index (χ2n) is 5.50. The van der Waals surface area contributed by atoms with E-state index in [0.29, 0.717) is 25.8 Å². The molecule has 0 bridgehead atoms. The molecule has 2 atom stereocenters. The van der Waals surface area contributed by atoms with Gasteiger partial charge in [-0.2, -0.15) is 0 Å². The summed E-state index contributed by atoms with van der Waals surface area (Å²) in [6.07, 6.45) is 1.69. The lowest BCUT2D eigenvalue weighted by Gasteiger charge is -2.11. The molecule has 1 saturated carbocycles. The highest BCUT2D eigenvalue weighted by molar-refractivity contribution is 7.05. The highest BCUT2D eigenvalue weighted by Gasteiger charge is 2.33. The van der Waals surface area contributed by atoms with Crippen LogP contribution in [0.15, 0.2) is 0 Å². The minimum Gasteiger partial charge on any atom is -0.481 e. The summed E-state index contributed by atoms with van der Waals surface area (Å²) in [7, 11) is 0. The van der Waals surface area contributed by atoms with E-state index in [4.69, 9.17) is 5.11 Å². The summed E-state index contributed by atoms with van der Waals surface area (Å²) in [4.78, 5) is 23.9. The number of nitrogens with zero attached hydrogens (tertiary/aromatic N) is 2. The number of hydrogen-bond donors (Lipinski definition) is 2. The Labute approximate surface area is 121 Å². The first-order valence-electron chi connectivity index (χ1n) is 6.80. The van der Waals surface area contributed by atoms with Gasteiger partial charge >= 0.3 is 5.97 Å². The van der Waals surface area contributed by atoms with Crippen molar-refractivity contribution in [2.75, 3.05) is 0 Å². The number of hydrogen-bond acceptors (Lipinski definition) is 5. The van der Waals surface area contributed by atoms with Gasteiger partial charge in [-0.05, 0) is 36.7 Å². The highest BCUT2D eigenvalue weighted by Crippen LogP contribution is 2.31. The molecule has 110 valence electrons. The van der Waals surface area contributed by atoms with Crippen LogP contribution in [0.4, 0.5) is 0 Å². The number of carboxylic acids is 1. The lowest BCUT2D eigenvalue weighted by molar-refractivity contribution is -0.141. The Morgan fingerprint density at radius 2 is 2.10 bits per heavy atom. The highest BCUT2D eigenvalue weighted by atomic mass is 32.1. The molecule has 0 unspecified atom stereocenters. The molecule has 6 nitrogen and oxygen atoms in total. The zero-order chi connectivity index (χ0) is 14.7. The van der Waals surface area contributed by atoms with Crippen LogP contribution in [0.25, 0.3) is 0 Å². The van der Waals surface area contributed by atoms with Crippen LogP contribution < -0.4 is 5.32 Å². The molecule has 1 aliphatic carbocycles. The fourth-order valence-electron chi connectivity index (χ4n) is 2.53. The SMILES string of the molecule is CC(C)c1nnsc1CNC(=O)[C@H]1CC[C@@H](C(=O)O)C1. The summed E-state index contributed by atoms with van der Waals surface area (Å²) in [6.45, 7) is 4.51. The lowest BCUT2D eigenvalue weighted by atomic mass is 10.0. The van der Waals surface area contributed by atoms with Gasteiger partial charge in [-0.25, -0.2) is 0 Å². The van der Waals surface area contributed by atoms with E-state index in [0.717, 1.165) is 10.6 Å². The normalized spacial score (nSPS) is 22.1. The van der Waals surface area contributed by atoms with E-state index in [9.17, 15) is 9.59 Å². The molecule has 0 aliphatic heterocycles. The third-order valence-electron chi connectivity index (χ3n) is 3.71. The Hall–Kier alpha value is -1.50. The summed E-state index contributed by atoms with van der Waals surface area (Å²) >= 11 is 1.30. The zero-order valence-electron chi connectivity index (χ0n) is 11.6. The third-order valence-corrected chi connectivity index (χ3v) is 4.45. The first-order chi connectivity index (χ1) is 9.49.